The van der Waals surface area contributed by atoms with E-state index in [1.54, 1.807) is 12.1 Å². The maximum absolute atomic E-state index is 13.0. The first kappa shape index (κ1) is 30.3. The summed E-state index contributed by atoms with van der Waals surface area (Å²) in [7, 11) is 0. The van der Waals surface area contributed by atoms with Gasteiger partial charge in [-0.1, -0.05) is 18.6 Å². The minimum absolute atomic E-state index is 0.0203. The van der Waals surface area contributed by atoms with Gasteiger partial charge in [0.25, 0.3) is 0 Å². The Morgan fingerprint density at radius 3 is 2.03 bits per heavy atom. The molecule has 4 unspecified atom stereocenters. The summed E-state index contributed by atoms with van der Waals surface area (Å²) in [4.78, 5) is 60.1. The number of carboxylic acid groups (broad SMARTS) is 2. The zero-order chi connectivity index (χ0) is 27.3. The number of aromatic hydroxyl groups is 1. The molecule has 0 aliphatic carbocycles. The van der Waals surface area contributed by atoms with Gasteiger partial charge >= 0.3 is 11.9 Å². The SMILES string of the molecule is CC(NC(=O)C(Cc1ccc(O)cc1)NC(=O)C(N)CCCCN)C(=O)NC(CCC(=O)O)C(=O)O. The van der Waals surface area contributed by atoms with Crippen LogP contribution < -0.4 is 27.4 Å². The van der Waals surface area contributed by atoms with E-state index in [1.165, 1.54) is 19.1 Å². The number of unbranched alkanes of at least 4 members (excludes halogenated alkanes) is 1. The Kier molecular flexibility index (Phi) is 12.9. The number of carboxylic acids is 2. The maximum Gasteiger partial charge on any atom is 0.326 e. The normalized spacial score (nSPS) is 14.1. The summed E-state index contributed by atoms with van der Waals surface area (Å²) in [6, 6.07) is 1.33. The number of aliphatic carboxylic acids is 2. The molecule has 200 valence electrons. The van der Waals surface area contributed by atoms with E-state index in [0.717, 1.165) is 0 Å². The van der Waals surface area contributed by atoms with Gasteiger partial charge in [0.05, 0.1) is 6.04 Å². The lowest BCUT2D eigenvalue weighted by molar-refractivity contribution is -0.143. The second-order valence-electron chi connectivity index (χ2n) is 8.38. The lowest BCUT2D eigenvalue weighted by Crippen LogP contribution is -2.56. The van der Waals surface area contributed by atoms with E-state index in [2.05, 4.69) is 16.0 Å². The highest BCUT2D eigenvalue weighted by Crippen LogP contribution is 2.12. The highest BCUT2D eigenvalue weighted by Gasteiger charge is 2.28. The van der Waals surface area contributed by atoms with Crippen molar-refractivity contribution in [3.05, 3.63) is 29.8 Å². The molecule has 10 N–H and O–H groups in total. The zero-order valence-corrected chi connectivity index (χ0v) is 20.1. The summed E-state index contributed by atoms with van der Waals surface area (Å²) >= 11 is 0. The molecule has 0 heterocycles. The van der Waals surface area contributed by atoms with Gasteiger partial charge < -0.3 is 42.7 Å². The van der Waals surface area contributed by atoms with Gasteiger partial charge in [-0.2, -0.15) is 0 Å². The molecular formula is C23H35N5O8. The number of phenols is 1. The quantitative estimate of drug-likeness (QED) is 0.124. The van der Waals surface area contributed by atoms with Crippen molar-refractivity contribution < 1.29 is 39.3 Å². The van der Waals surface area contributed by atoms with Gasteiger partial charge in [-0.05, 0) is 50.4 Å². The molecule has 0 aliphatic heterocycles. The molecule has 0 spiro atoms. The lowest BCUT2D eigenvalue weighted by atomic mass is 10.0. The molecule has 13 nitrogen and oxygen atoms in total. The van der Waals surface area contributed by atoms with Gasteiger partial charge in [0.1, 0.15) is 23.9 Å². The van der Waals surface area contributed by atoms with Crippen LogP contribution in [0.2, 0.25) is 0 Å². The van der Waals surface area contributed by atoms with Crippen molar-refractivity contribution in [2.45, 2.75) is 69.6 Å². The average molecular weight is 510 g/mol. The third-order valence-corrected chi connectivity index (χ3v) is 5.33. The van der Waals surface area contributed by atoms with Crippen LogP contribution in [0.5, 0.6) is 5.75 Å². The van der Waals surface area contributed by atoms with E-state index in [4.69, 9.17) is 16.6 Å². The molecule has 13 heteroatoms. The van der Waals surface area contributed by atoms with Gasteiger partial charge in [0, 0.05) is 12.8 Å². The molecule has 0 aliphatic rings. The van der Waals surface area contributed by atoms with E-state index >= 15 is 0 Å². The Balaban J connectivity index is 2.90. The molecule has 1 rings (SSSR count). The van der Waals surface area contributed by atoms with Crippen molar-refractivity contribution in [1.82, 2.24) is 16.0 Å². The summed E-state index contributed by atoms with van der Waals surface area (Å²) in [6.07, 6.45) is 0.905. The Hall–Kier alpha value is -3.71. The van der Waals surface area contributed by atoms with Gasteiger partial charge in [-0.3, -0.25) is 19.2 Å². The maximum atomic E-state index is 13.0. The molecule has 0 bridgehead atoms. The summed E-state index contributed by atoms with van der Waals surface area (Å²) in [6.45, 7) is 1.78. The van der Waals surface area contributed by atoms with E-state index in [0.29, 0.717) is 31.4 Å². The smallest absolute Gasteiger partial charge is 0.326 e. The summed E-state index contributed by atoms with van der Waals surface area (Å²) in [5, 5.41) is 34.7. The van der Waals surface area contributed by atoms with Crippen LogP contribution >= 0.6 is 0 Å². The Morgan fingerprint density at radius 2 is 1.47 bits per heavy atom. The number of phenolic OH excluding ortho intramolecular Hbond substituents is 1. The van der Waals surface area contributed by atoms with Crippen molar-refractivity contribution in [1.29, 1.82) is 0 Å². The number of carbonyl (C=O) groups excluding carboxylic acids is 3. The minimum atomic E-state index is -1.45. The van der Waals surface area contributed by atoms with Crippen molar-refractivity contribution in [3.63, 3.8) is 0 Å². The van der Waals surface area contributed by atoms with Crippen LogP contribution in [-0.2, 0) is 30.4 Å². The molecule has 0 fully saturated rings. The van der Waals surface area contributed by atoms with Crippen molar-refractivity contribution in [3.8, 4) is 5.75 Å². The average Bonchev–Trinajstić information content (AvgIpc) is 2.81. The zero-order valence-electron chi connectivity index (χ0n) is 20.1. The Labute approximate surface area is 208 Å². The third-order valence-electron chi connectivity index (χ3n) is 5.33. The molecular weight excluding hydrogens is 474 g/mol. The molecule has 36 heavy (non-hydrogen) atoms. The molecule has 4 atom stereocenters. The lowest BCUT2D eigenvalue weighted by Gasteiger charge is -2.23. The first-order chi connectivity index (χ1) is 16.9. The van der Waals surface area contributed by atoms with Crippen molar-refractivity contribution >= 4 is 29.7 Å². The third kappa shape index (κ3) is 11.1. The topological polar surface area (TPSA) is 234 Å². The van der Waals surface area contributed by atoms with E-state index in [9.17, 15) is 34.2 Å². The highest BCUT2D eigenvalue weighted by molar-refractivity contribution is 5.94. The van der Waals surface area contributed by atoms with E-state index in [-0.39, 0.29) is 18.6 Å². The predicted molar refractivity (Wildman–Crippen MR) is 129 cm³/mol. The molecule has 0 saturated heterocycles. The fourth-order valence-corrected chi connectivity index (χ4v) is 3.20. The fraction of sp³-hybridized carbons (Fsp3) is 0.522. The minimum Gasteiger partial charge on any atom is -0.508 e. The molecule has 1 aromatic rings. The number of carbonyl (C=O) groups is 5. The van der Waals surface area contributed by atoms with E-state index in [1.807, 2.05) is 0 Å². The predicted octanol–water partition coefficient (Wildman–Crippen LogP) is -1.19. The standard InChI is InChI=1S/C23H35N5O8/c1-13(20(32)27-17(23(35)36)9-10-19(30)31)26-22(34)18(12-14-5-7-15(29)8-6-14)28-21(33)16(25)4-2-3-11-24/h5-8,13,16-18,29H,2-4,9-12,24-25H2,1H3,(H,26,34)(H,27,32)(H,28,33)(H,30,31)(H,35,36). The number of benzene rings is 1. The van der Waals surface area contributed by atoms with Crippen LogP contribution in [-0.4, -0.2) is 75.7 Å². The fourth-order valence-electron chi connectivity index (χ4n) is 3.20. The monoisotopic (exact) mass is 509 g/mol. The number of nitrogens with two attached hydrogens (primary N) is 2. The Morgan fingerprint density at radius 1 is 0.861 bits per heavy atom. The summed E-state index contributed by atoms with van der Waals surface area (Å²) in [5.41, 5.74) is 12.0. The highest BCUT2D eigenvalue weighted by atomic mass is 16.4. The molecule has 0 radical (unpaired) electrons. The van der Waals surface area contributed by atoms with Gasteiger partial charge in [0.2, 0.25) is 17.7 Å². The van der Waals surface area contributed by atoms with Crippen molar-refractivity contribution in [2.24, 2.45) is 11.5 Å². The van der Waals surface area contributed by atoms with Crippen LogP contribution in [0.3, 0.4) is 0 Å². The summed E-state index contributed by atoms with van der Waals surface area (Å²) in [5.74, 6) is -4.73. The first-order valence-electron chi connectivity index (χ1n) is 11.5. The number of rotatable bonds is 16. The Bertz CT molecular complexity index is 908. The second-order valence-corrected chi connectivity index (χ2v) is 8.38. The van der Waals surface area contributed by atoms with Crippen LogP contribution in [0, 0.1) is 0 Å². The second kappa shape index (κ2) is 15.3. The molecule has 3 amide bonds. The van der Waals surface area contributed by atoms with Crippen molar-refractivity contribution in [2.75, 3.05) is 6.54 Å². The van der Waals surface area contributed by atoms with Crippen LogP contribution in [0.1, 0.15) is 44.6 Å². The first-order valence-corrected chi connectivity index (χ1v) is 11.5. The van der Waals surface area contributed by atoms with Gasteiger partial charge in [0.15, 0.2) is 0 Å². The molecule has 0 saturated carbocycles. The number of nitrogens with one attached hydrogen (secondary N) is 3. The van der Waals surface area contributed by atoms with Crippen LogP contribution in [0.4, 0.5) is 0 Å². The largest absolute Gasteiger partial charge is 0.508 e. The van der Waals surface area contributed by atoms with Crippen LogP contribution in [0.15, 0.2) is 24.3 Å². The number of amides is 3. The van der Waals surface area contributed by atoms with Gasteiger partial charge in [-0.25, -0.2) is 4.79 Å². The van der Waals surface area contributed by atoms with Crippen LogP contribution in [0.25, 0.3) is 0 Å². The molecule has 1 aromatic carbocycles. The summed E-state index contributed by atoms with van der Waals surface area (Å²) < 4.78 is 0. The van der Waals surface area contributed by atoms with E-state index < -0.39 is 60.2 Å². The number of hydrogen-bond donors (Lipinski definition) is 8. The van der Waals surface area contributed by atoms with Gasteiger partial charge in [-0.15, -0.1) is 0 Å². The molecule has 0 aromatic heterocycles. The number of hydrogen-bond acceptors (Lipinski definition) is 8.